The fourth-order valence-electron chi connectivity index (χ4n) is 3.43. The second-order valence-electron chi connectivity index (χ2n) is 6.91. The van der Waals surface area contributed by atoms with Crippen LogP contribution in [-0.4, -0.2) is 46.4 Å². The number of benzene rings is 2. The van der Waals surface area contributed by atoms with Crippen molar-refractivity contribution in [2.45, 2.75) is 26.2 Å². The van der Waals surface area contributed by atoms with Crippen molar-refractivity contribution in [2.75, 3.05) is 40.5 Å². The van der Waals surface area contributed by atoms with Crippen molar-refractivity contribution in [3.63, 3.8) is 0 Å². The van der Waals surface area contributed by atoms with E-state index in [0.29, 0.717) is 6.54 Å². The molecule has 2 N–H and O–H groups in total. The van der Waals surface area contributed by atoms with Gasteiger partial charge in [0.2, 0.25) is 0 Å². The summed E-state index contributed by atoms with van der Waals surface area (Å²) in [4.78, 5) is 4.71. The molecule has 6 nitrogen and oxygen atoms in total. The number of nitrogens with one attached hydrogen (secondary N) is 2. The molecule has 0 saturated carbocycles. The van der Waals surface area contributed by atoms with Gasteiger partial charge in [-0.05, 0) is 60.7 Å². The molecular weight excluding hydrogens is 366 g/mol. The minimum absolute atomic E-state index is 0.662. The van der Waals surface area contributed by atoms with E-state index in [9.17, 15) is 0 Å². The van der Waals surface area contributed by atoms with Crippen molar-refractivity contribution in [3.05, 3.63) is 53.1 Å². The first kappa shape index (κ1) is 20.8. The van der Waals surface area contributed by atoms with Crippen LogP contribution in [0.25, 0.3) is 0 Å². The van der Waals surface area contributed by atoms with Gasteiger partial charge in [0, 0.05) is 26.1 Å². The minimum atomic E-state index is 0.662. The molecular formula is C23H31N3O3. The number of hydrogen-bond acceptors (Lipinski definition) is 4. The summed E-state index contributed by atoms with van der Waals surface area (Å²) in [7, 11) is 3.36. The van der Waals surface area contributed by atoms with E-state index in [1.807, 2.05) is 18.2 Å². The summed E-state index contributed by atoms with van der Waals surface area (Å²) >= 11 is 0. The van der Waals surface area contributed by atoms with Crippen LogP contribution in [0.2, 0.25) is 0 Å². The predicted octanol–water partition coefficient (Wildman–Crippen LogP) is 2.98. The molecule has 1 aliphatic heterocycles. The molecule has 1 aliphatic rings. The molecule has 3 rings (SSSR count). The molecule has 156 valence electrons. The Balaban J connectivity index is 1.53. The monoisotopic (exact) mass is 397 g/mol. The summed E-state index contributed by atoms with van der Waals surface area (Å²) in [5, 5.41) is 6.74. The zero-order valence-electron chi connectivity index (χ0n) is 17.6. The van der Waals surface area contributed by atoms with Crippen molar-refractivity contribution in [3.8, 4) is 17.2 Å². The predicted molar refractivity (Wildman–Crippen MR) is 117 cm³/mol. The summed E-state index contributed by atoms with van der Waals surface area (Å²) in [6, 6.07) is 12.3. The molecule has 0 saturated heterocycles. The summed E-state index contributed by atoms with van der Waals surface area (Å²) in [5.74, 6) is 3.55. The largest absolute Gasteiger partial charge is 0.497 e. The Morgan fingerprint density at radius 1 is 1.07 bits per heavy atom. The van der Waals surface area contributed by atoms with Gasteiger partial charge in [-0.25, -0.2) is 0 Å². The van der Waals surface area contributed by atoms with E-state index < -0.39 is 0 Å². The van der Waals surface area contributed by atoms with Crippen molar-refractivity contribution >= 4 is 5.96 Å². The van der Waals surface area contributed by atoms with Gasteiger partial charge in [-0.15, -0.1) is 0 Å². The highest BCUT2D eigenvalue weighted by Gasteiger charge is 2.12. The van der Waals surface area contributed by atoms with Crippen LogP contribution >= 0.6 is 0 Å². The Kier molecular flexibility index (Phi) is 7.61. The van der Waals surface area contributed by atoms with Gasteiger partial charge in [-0.3, -0.25) is 4.99 Å². The highest BCUT2D eigenvalue weighted by atomic mass is 16.5. The van der Waals surface area contributed by atoms with Gasteiger partial charge in [-0.1, -0.05) is 12.1 Å². The van der Waals surface area contributed by atoms with Crippen molar-refractivity contribution < 1.29 is 14.2 Å². The van der Waals surface area contributed by atoms with Gasteiger partial charge in [0.15, 0.2) is 5.96 Å². The lowest BCUT2D eigenvalue weighted by Gasteiger charge is -2.13. The second-order valence-corrected chi connectivity index (χ2v) is 6.91. The first-order valence-electron chi connectivity index (χ1n) is 10.2. The van der Waals surface area contributed by atoms with Gasteiger partial charge in [0.05, 0.1) is 20.8 Å². The molecule has 0 fully saturated rings. The van der Waals surface area contributed by atoms with E-state index in [1.165, 1.54) is 11.1 Å². The normalized spacial score (nSPS) is 12.9. The number of hydrogen-bond donors (Lipinski definition) is 2. The van der Waals surface area contributed by atoms with Gasteiger partial charge >= 0.3 is 0 Å². The van der Waals surface area contributed by atoms with E-state index in [-0.39, 0.29) is 0 Å². The molecule has 0 aliphatic carbocycles. The number of ether oxygens (including phenoxy) is 3. The number of nitrogens with zero attached hydrogens (tertiary/aromatic N) is 1. The van der Waals surface area contributed by atoms with Crippen LogP contribution in [-0.2, 0) is 19.3 Å². The van der Waals surface area contributed by atoms with Crippen molar-refractivity contribution in [2.24, 2.45) is 4.99 Å². The zero-order chi connectivity index (χ0) is 20.5. The van der Waals surface area contributed by atoms with E-state index in [1.54, 1.807) is 14.2 Å². The maximum Gasteiger partial charge on any atom is 0.191 e. The topological polar surface area (TPSA) is 64.1 Å². The van der Waals surface area contributed by atoms with E-state index in [2.05, 4.69) is 35.8 Å². The van der Waals surface area contributed by atoms with Crippen molar-refractivity contribution in [1.29, 1.82) is 0 Å². The average Bonchev–Trinajstić information content (AvgIpc) is 3.21. The Labute approximate surface area is 173 Å². The summed E-state index contributed by atoms with van der Waals surface area (Å²) in [6.45, 7) is 5.18. The molecule has 0 radical (unpaired) electrons. The summed E-state index contributed by atoms with van der Waals surface area (Å²) in [6.07, 6.45) is 2.73. The number of guanidine groups is 1. The molecule has 2 aromatic rings. The van der Waals surface area contributed by atoms with E-state index in [0.717, 1.165) is 67.7 Å². The van der Waals surface area contributed by atoms with E-state index in [4.69, 9.17) is 19.2 Å². The molecule has 1 heterocycles. The third-order valence-corrected chi connectivity index (χ3v) is 4.94. The van der Waals surface area contributed by atoms with Crippen LogP contribution in [0.3, 0.4) is 0 Å². The first-order chi connectivity index (χ1) is 14.2. The van der Waals surface area contributed by atoms with Crippen molar-refractivity contribution in [1.82, 2.24) is 10.6 Å². The third kappa shape index (κ3) is 5.79. The van der Waals surface area contributed by atoms with Gasteiger partial charge < -0.3 is 24.8 Å². The smallest absolute Gasteiger partial charge is 0.191 e. The van der Waals surface area contributed by atoms with Crippen LogP contribution < -0.4 is 24.8 Å². The summed E-state index contributed by atoms with van der Waals surface area (Å²) in [5.41, 5.74) is 3.72. The lowest BCUT2D eigenvalue weighted by molar-refractivity contribution is 0.357. The molecule has 0 amide bonds. The van der Waals surface area contributed by atoms with Crippen LogP contribution in [0.1, 0.15) is 23.6 Å². The highest BCUT2D eigenvalue weighted by Crippen LogP contribution is 2.26. The SMILES string of the molecule is CCNC(=NCCc1cc(OC)ccc1OC)NCCc1ccc2c(c1)CCO2. The number of methoxy groups -OCH3 is 2. The number of fused-ring (bicyclic) bond motifs is 1. The Hall–Kier alpha value is -2.89. The first-order valence-corrected chi connectivity index (χ1v) is 10.2. The molecule has 2 aromatic carbocycles. The number of aliphatic imine (C=N–C) groups is 1. The summed E-state index contributed by atoms with van der Waals surface area (Å²) < 4.78 is 16.3. The lowest BCUT2D eigenvalue weighted by Crippen LogP contribution is -2.38. The number of rotatable bonds is 9. The quantitative estimate of drug-likeness (QED) is 0.503. The van der Waals surface area contributed by atoms with E-state index >= 15 is 0 Å². The zero-order valence-corrected chi connectivity index (χ0v) is 17.6. The lowest BCUT2D eigenvalue weighted by atomic mass is 10.1. The minimum Gasteiger partial charge on any atom is -0.497 e. The molecule has 0 aromatic heterocycles. The molecule has 6 heteroatoms. The Morgan fingerprint density at radius 2 is 1.97 bits per heavy atom. The molecule has 0 spiro atoms. The van der Waals surface area contributed by atoms with Crippen LogP contribution in [0.5, 0.6) is 17.2 Å². The fourth-order valence-corrected chi connectivity index (χ4v) is 3.43. The molecule has 0 unspecified atom stereocenters. The molecule has 0 atom stereocenters. The van der Waals surface area contributed by atoms with Crippen LogP contribution in [0.4, 0.5) is 0 Å². The van der Waals surface area contributed by atoms with Gasteiger partial charge in [0.25, 0.3) is 0 Å². The third-order valence-electron chi connectivity index (χ3n) is 4.94. The van der Waals surface area contributed by atoms with Crippen LogP contribution in [0.15, 0.2) is 41.4 Å². The molecule has 0 bridgehead atoms. The maximum absolute atomic E-state index is 5.58. The van der Waals surface area contributed by atoms with Gasteiger partial charge in [0.1, 0.15) is 17.2 Å². The maximum atomic E-state index is 5.58. The standard InChI is InChI=1S/C23H31N3O3/c1-4-24-23(25-12-9-17-5-7-22-19(15-17)11-14-29-22)26-13-10-18-16-20(27-2)6-8-21(18)28-3/h5-8,15-16H,4,9-14H2,1-3H3,(H2,24,25,26). The highest BCUT2D eigenvalue weighted by molar-refractivity contribution is 5.79. The average molecular weight is 398 g/mol. The van der Waals surface area contributed by atoms with Gasteiger partial charge in [-0.2, -0.15) is 0 Å². The fraction of sp³-hybridized carbons (Fsp3) is 0.435. The molecule has 29 heavy (non-hydrogen) atoms. The Morgan fingerprint density at radius 3 is 2.76 bits per heavy atom. The van der Waals surface area contributed by atoms with Crippen LogP contribution in [0, 0.1) is 0 Å². The Bertz CT molecular complexity index is 836. The second kappa shape index (κ2) is 10.6.